The summed E-state index contributed by atoms with van der Waals surface area (Å²) in [5, 5.41) is 3.52. The van der Waals surface area contributed by atoms with Crippen molar-refractivity contribution in [3.63, 3.8) is 0 Å². The Morgan fingerprint density at radius 1 is 1.33 bits per heavy atom. The second-order valence-electron chi connectivity index (χ2n) is 5.34. The number of benzene rings is 1. The topological polar surface area (TPSA) is 29.9 Å². The fraction of sp³-hybridized carbons (Fsp3) is 0.471. The van der Waals surface area contributed by atoms with Gasteiger partial charge in [-0.1, -0.05) is 13.0 Å². The van der Waals surface area contributed by atoms with Crippen molar-refractivity contribution in [3.05, 3.63) is 53.4 Å². The lowest BCUT2D eigenvalue weighted by Gasteiger charge is -2.21. The van der Waals surface area contributed by atoms with Gasteiger partial charge in [0.1, 0.15) is 11.6 Å². The van der Waals surface area contributed by atoms with Crippen LogP contribution in [0.1, 0.15) is 43.3 Å². The van der Waals surface area contributed by atoms with Crippen LogP contribution in [0.25, 0.3) is 0 Å². The molecule has 0 spiro atoms. The van der Waals surface area contributed by atoms with E-state index in [-0.39, 0.29) is 11.9 Å². The molecule has 0 aliphatic carbocycles. The maximum absolute atomic E-state index is 13.6. The quantitative estimate of drug-likeness (QED) is 0.843. The molecule has 1 heterocycles. The van der Waals surface area contributed by atoms with Crippen molar-refractivity contribution in [1.82, 2.24) is 14.9 Å². The summed E-state index contributed by atoms with van der Waals surface area (Å²) in [5.41, 5.74) is 2.13. The van der Waals surface area contributed by atoms with Gasteiger partial charge in [-0.15, -0.1) is 0 Å². The number of imidazole rings is 1. The van der Waals surface area contributed by atoms with Gasteiger partial charge in [0, 0.05) is 31.4 Å². The minimum Gasteiger partial charge on any atom is -0.335 e. The van der Waals surface area contributed by atoms with Gasteiger partial charge in [0.05, 0.1) is 0 Å². The number of nitrogens with zero attached hydrogens (tertiary/aromatic N) is 2. The lowest BCUT2D eigenvalue weighted by Crippen LogP contribution is -2.26. The van der Waals surface area contributed by atoms with E-state index in [2.05, 4.69) is 28.7 Å². The van der Waals surface area contributed by atoms with Gasteiger partial charge in [-0.25, -0.2) is 9.37 Å². The van der Waals surface area contributed by atoms with Crippen molar-refractivity contribution < 1.29 is 4.39 Å². The second-order valence-corrected chi connectivity index (χ2v) is 5.34. The molecule has 2 rings (SSSR count). The first kappa shape index (κ1) is 15.7. The number of aryl methyl sites for hydroxylation is 2. The molecule has 1 N–H and O–H groups in total. The normalized spacial score (nSPS) is 12.6. The van der Waals surface area contributed by atoms with Crippen LogP contribution in [0.4, 0.5) is 4.39 Å². The summed E-state index contributed by atoms with van der Waals surface area (Å²) in [6, 6.07) is 5.09. The summed E-state index contributed by atoms with van der Waals surface area (Å²) in [6.45, 7) is 8.08. The molecule has 2 aromatic rings. The molecule has 0 bridgehead atoms. The van der Waals surface area contributed by atoms with Crippen molar-refractivity contribution in [1.29, 1.82) is 0 Å². The fourth-order valence-electron chi connectivity index (χ4n) is 2.60. The molecule has 21 heavy (non-hydrogen) atoms. The van der Waals surface area contributed by atoms with Gasteiger partial charge in [0.25, 0.3) is 0 Å². The lowest BCUT2D eigenvalue weighted by molar-refractivity contribution is 0.501. The molecular weight excluding hydrogens is 265 g/mol. The van der Waals surface area contributed by atoms with Gasteiger partial charge in [-0.3, -0.25) is 0 Å². The molecule has 1 aromatic heterocycles. The Balaban J connectivity index is 2.27. The molecule has 0 saturated heterocycles. The highest BCUT2D eigenvalue weighted by atomic mass is 19.1. The lowest BCUT2D eigenvalue weighted by atomic mass is 9.98. The van der Waals surface area contributed by atoms with E-state index < -0.39 is 0 Å². The molecule has 0 amide bonds. The average Bonchev–Trinajstić information content (AvgIpc) is 2.93. The first-order valence-electron chi connectivity index (χ1n) is 7.65. The van der Waals surface area contributed by atoms with Crippen molar-refractivity contribution in [2.75, 3.05) is 6.54 Å². The molecule has 1 unspecified atom stereocenters. The Bertz CT molecular complexity index is 577. The van der Waals surface area contributed by atoms with Crippen LogP contribution in [-0.4, -0.2) is 16.1 Å². The highest BCUT2D eigenvalue weighted by Gasteiger charge is 2.17. The van der Waals surface area contributed by atoms with Crippen LogP contribution < -0.4 is 5.32 Å². The summed E-state index contributed by atoms with van der Waals surface area (Å²) in [4.78, 5) is 4.44. The number of aromatic nitrogens is 2. The molecule has 1 aromatic carbocycles. The summed E-state index contributed by atoms with van der Waals surface area (Å²) < 4.78 is 15.7. The molecule has 3 nitrogen and oxygen atoms in total. The van der Waals surface area contributed by atoms with Crippen molar-refractivity contribution in [3.8, 4) is 0 Å². The number of hydrogen-bond acceptors (Lipinski definition) is 2. The maximum Gasteiger partial charge on any atom is 0.123 e. The monoisotopic (exact) mass is 289 g/mol. The molecule has 0 fully saturated rings. The standard InChI is InChI=1S/C17H24FN3/c1-4-8-19-16(12-17-20-9-10-21(17)5-2)15-11-14(18)7-6-13(15)3/h6-7,9-11,16,19H,4-5,8,12H2,1-3H3. The zero-order valence-electron chi connectivity index (χ0n) is 13.1. The third-order valence-corrected chi connectivity index (χ3v) is 3.79. The molecular formula is C17H24FN3. The van der Waals surface area contributed by atoms with E-state index >= 15 is 0 Å². The largest absolute Gasteiger partial charge is 0.335 e. The average molecular weight is 289 g/mol. The molecule has 0 saturated carbocycles. The van der Waals surface area contributed by atoms with Crippen LogP contribution in [0, 0.1) is 12.7 Å². The van der Waals surface area contributed by atoms with Gasteiger partial charge in [0.15, 0.2) is 0 Å². The molecule has 4 heteroatoms. The molecule has 0 aliphatic rings. The highest BCUT2D eigenvalue weighted by molar-refractivity contribution is 5.30. The first-order valence-corrected chi connectivity index (χ1v) is 7.65. The van der Waals surface area contributed by atoms with E-state index in [4.69, 9.17) is 0 Å². The van der Waals surface area contributed by atoms with Gasteiger partial charge in [-0.05, 0) is 50.1 Å². The number of halogens is 1. The van der Waals surface area contributed by atoms with E-state index in [9.17, 15) is 4.39 Å². The Labute approximate surface area is 126 Å². The van der Waals surface area contributed by atoms with E-state index in [0.29, 0.717) is 0 Å². The van der Waals surface area contributed by atoms with Gasteiger partial charge < -0.3 is 9.88 Å². The number of rotatable bonds is 7. The van der Waals surface area contributed by atoms with E-state index in [1.54, 1.807) is 6.07 Å². The van der Waals surface area contributed by atoms with Crippen LogP contribution in [0.15, 0.2) is 30.6 Å². The fourth-order valence-corrected chi connectivity index (χ4v) is 2.60. The van der Waals surface area contributed by atoms with Crippen LogP contribution in [0.3, 0.4) is 0 Å². The van der Waals surface area contributed by atoms with E-state index in [1.165, 1.54) is 6.07 Å². The minimum absolute atomic E-state index is 0.0911. The second kappa shape index (κ2) is 7.36. The molecule has 0 aliphatic heterocycles. The van der Waals surface area contributed by atoms with Crippen LogP contribution >= 0.6 is 0 Å². The van der Waals surface area contributed by atoms with Crippen molar-refractivity contribution in [2.24, 2.45) is 0 Å². The molecule has 1 atom stereocenters. The predicted molar refractivity (Wildman–Crippen MR) is 83.8 cm³/mol. The third kappa shape index (κ3) is 3.91. The summed E-state index contributed by atoms with van der Waals surface area (Å²) in [6.07, 6.45) is 5.64. The predicted octanol–water partition coefficient (Wildman–Crippen LogP) is 3.63. The Kier molecular flexibility index (Phi) is 5.51. The maximum atomic E-state index is 13.6. The zero-order valence-corrected chi connectivity index (χ0v) is 13.1. The number of hydrogen-bond donors (Lipinski definition) is 1. The van der Waals surface area contributed by atoms with Crippen LogP contribution in [0.5, 0.6) is 0 Å². The van der Waals surface area contributed by atoms with Crippen molar-refractivity contribution in [2.45, 2.75) is 46.2 Å². The smallest absolute Gasteiger partial charge is 0.123 e. The van der Waals surface area contributed by atoms with Gasteiger partial charge in [-0.2, -0.15) is 0 Å². The SMILES string of the molecule is CCCNC(Cc1nccn1CC)c1cc(F)ccc1C. The summed E-state index contributed by atoms with van der Waals surface area (Å²) >= 11 is 0. The first-order chi connectivity index (χ1) is 10.2. The van der Waals surface area contributed by atoms with E-state index in [0.717, 1.165) is 42.9 Å². The van der Waals surface area contributed by atoms with Crippen LogP contribution in [-0.2, 0) is 13.0 Å². The number of nitrogens with one attached hydrogen (secondary N) is 1. The summed E-state index contributed by atoms with van der Waals surface area (Å²) in [5.74, 6) is 0.854. The zero-order chi connectivity index (χ0) is 15.2. The van der Waals surface area contributed by atoms with Gasteiger partial charge >= 0.3 is 0 Å². The molecule has 114 valence electrons. The Hall–Kier alpha value is -1.68. The van der Waals surface area contributed by atoms with E-state index in [1.807, 2.05) is 25.4 Å². The van der Waals surface area contributed by atoms with Crippen molar-refractivity contribution >= 4 is 0 Å². The summed E-state index contributed by atoms with van der Waals surface area (Å²) in [7, 11) is 0. The molecule has 0 radical (unpaired) electrons. The minimum atomic E-state index is -0.183. The Morgan fingerprint density at radius 3 is 2.86 bits per heavy atom. The highest BCUT2D eigenvalue weighted by Crippen LogP contribution is 2.22. The van der Waals surface area contributed by atoms with Crippen LogP contribution in [0.2, 0.25) is 0 Å². The van der Waals surface area contributed by atoms with Gasteiger partial charge in [0.2, 0.25) is 0 Å². The Morgan fingerprint density at radius 2 is 2.14 bits per heavy atom. The third-order valence-electron chi connectivity index (χ3n) is 3.79.